The second-order valence-electron chi connectivity index (χ2n) is 6.98. The lowest BCUT2D eigenvalue weighted by molar-refractivity contribution is 0.0657. The number of nitrogens with two attached hydrogens (primary N) is 1. The van der Waals surface area contributed by atoms with Gasteiger partial charge >= 0.3 is 0 Å². The lowest BCUT2D eigenvalue weighted by atomic mass is 10.0. The Labute approximate surface area is 176 Å². The van der Waals surface area contributed by atoms with E-state index >= 15 is 0 Å². The first-order chi connectivity index (χ1) is 14.0. The zero-order chi connectivity index (χ0) is 20.5. The van der Waals surface area contributed by atoms with E-state index in [9.17, 15) is 14.0 Å². The molecule has 1 aromatic heterocycles. The van der Waals surface area contributed by atoms with E-state index in [0.717, 1.165) is 5.56 Å². The van der Waals surface area contributed by atoms with Gasteiger partial charge in [-0.1, -0.05) is 29.8 Å². The van der Waals surface area contributed by atoms with Crippen LogP contribution in [0.4, 0.5) is 4.39 Å². The van der Waals surface area contributed by atoms with E-state index in [4.69, 9.17) is 17.3 Å². The summed E-state index contributed by atoms with van der Waals surface area (Å²) in [4.78, 5) is 26.9. The summed E-state index contributed by atoms with van der Waals surface area (Å²) >= 11 is 7.53. The number of amides is 2. The van der Waals surface area contributed by atoms with Crippen LogP contribution in [0.25, 0.3) is 0 Å². The van der Waals surface area contributed by atoms with Crippen LogP contribution in [-0.4, -0.2) is 16.7 Å². The molecular weight excluding hydrogens is 411 g/mol. The highest BCUT2D eigenvalue weighted by molar-refractivity contribution is 7.08. The molecule has 4 nitrogen and oxygen atoms in total. The van der Waals surface area contributed by atoms with Crippen molar-refractivity contribution in [2.24, 2.45) is 5.73 Å². The van der Waals surface area contributed by atoms with Crippen LogP contribution >= 0.6 is 22.9 Å². The predicted molar refractivity (Wildman–Crippen MR) is 112 cm³/mol. The number of benzene rings is 2. The van der Waals surface area contributed by atoms with E-state index < -0.39 is 5.91 Å². The van der Waals surface area contributed by atoms with Gasteiger partial charge in [-0.15, -0.1) is 0 Å². The van der Waals surface area contributed by atoms with E-state index in [1.807, 2.05) is 5.38 Å². The summed E-state index contributed by atoms with van der Waals surface area (Å²) in [5.74, 6) is -1.08. The first-order valence-electron chi connectivity index (χ1n) is 9.14. The van der Waals surface area contributed by atoms with Gasteiger partial charge in [0.05, 0.1) is 11.6 Å². The number of carbonyl (C=O) groups excluding carboxylic acids is 2. The van der Waals surface area contributed by atoms with Gasteiger partial charge in [-0.25, -0.2) is 4.39 Å². The predicted octanol–water partition coefficient (Wildman–Crippen LogP) is 4.97. The molecule has 1 aliphatic rings. The highest BCUT2D eigenvalue weighted by Crippen LogP contribution is 2.40. The number of thiophene rings is 1. The van der Waals surface area contributed by atoms with Crippen molar-refractivity contribution in [1.29, 1.82) is 0 Å². The standard InChI is InChI=1S/C22H18ClFN2O2S/c23-15-9-18-17(19(24)10-15)5-6-20(18)26(22(28)14-7-8-29-12-14)11-13-3-1-2-4-16(13)21(25)27/h1-4,7-10,12,20H,5-6,11H2,(H2,25,27)/t20-/m1/s1. The Kier molecular flexibility index (Phi) is 5.39. The summed E-state index contributed by atoms with van der Waals surface area (Å²) in [6.07, 6.45) is 1.11. The molecule has 2 N–H and O–H groups in total. The van der Waals surface area contributed by atoms with Crippen LogP contribution in [0.5, 0.6) is 0 Å². The van der Waals surface area contributed by atoms with Crippen LogP contribution < -0.4 is 5.73 Å². The lowest BCUT2D eigenvalue weighted by Gasteiger charge is -2.30. The van der Waals surface area contributed by atoms with Gasteiger partial charge < -0.3 is 10.6 Å². The van der Waals surface area contributed by atoms with Crippen LogP contribution in [0.2, 0.25) is 5.02 Å². The minimum absolute atomic E-state index is 0.177. The lowest BCUT2D eigenvalue weighted by Crippen LogP contribution is -2.34. The first kappa shape index (κ1) is 19.6. The molecule has 0 saturated heterocycles. The summed E-state index contributed by atoms with van der Waals surface area (Å²) in [6.45, 7) is 0.187. The van der Waals surface area contributed by atoms with Crippen molar-refractivity contribution >= 4 is 34.8 Å². The Morgan fingerprint density at radius 1 is 1.24 bits per heavy atom. The zero-order valence-corrected chi connectivity index (χ0v) is 17.0. The summed E-state index contributed by atoms with van der Waals surface area (Å²) < 4.78 is 14.4. The Morgan fingerprint density at radius 3 is 2.76 bits per heavy atom. The molecule has 7 heteroatoms. The van der Waals surface area contributed by atoms with Crippen LogP contribution in [-0.2, 0) is 13.0 Å². The fraction of sp³-hybridized carbons (Fsp3) is 0.182. The summed E-state index contributed by atoms with van der Waals surface area (Å²) in [6, 6.07) is 11.4. The topological polar surface area (TPSA) is 63.4 Å². The number of halogens is 2. The molecule has 1 heterocycles. The number of hydrogen-bond acceptors (Lipinski definition) is 3. The highest BCUT2D eigenvalue weighted by atomic mass is 35.5. The minimum Gasteiger partial charge on any atom is -0.366 e. The summed E-state index contributed by atoms with van der Waals surface area (Å²) in [5, 5.41) is 3.92. The normalized spacial score (nSPS) is 15.2. The molecule has 0 spiro atoms. The second kappa shape index (κ2) is 7.97. The monoisotopic (exact) mass is 428 g/mol. The maximum atomic E-state index is 14.4. The molecule has 0 unspecified atom stereocenters. The van der Waals surface area contributed by atoms with E-state index in [0.29, 0.717) is 40.1 Å². The Bertz CT molecular complexity index is 1080. The van der Waals surface area contributed by atoms with Crippen LogP contribution in [0.1, 0.15) is 49.9 Å². The third kappa shape index (κ3) is 3.78. The minimum atomic E-state index is -0.551. The molecule has 148 valence electrons. The van der Waals surface area contributed by atoms with Crippen molar-refractivity contribution in [3.05, 3.63) is 91.9 Å². The molecule has 0 bridgehead atoms. The van der Waals surface area contributed by atoms with Gasteiger partial charge in [0.1, 0.15) is 5.82 Å². The van der Waals surface area contributed by atoms with E-state index in [1.165, 1.54) is 17.4 Å². The number of nitrogens with zero attached hydrogens (tertiary/aromatic N) is 1. The fourth-order valence-electron chi connectivity index (χ4n) is 3.90. The SMILES string of the molecule is NC(=O)c1ccccc1CN(C(=O)c1ccsc1)[C@@H]1CCc2c(F)cc(Cl)cc21. The maximum absolute atomic E-state index is 14.4. The van der Waals surface area contributed by atoms with Crippen molar-refractivity contribution in [3.63, 3.8) is 0 Å². The molecule has 0 saturated carbocycles. The molecule has 3 aromatic rings. The van der Waals surface area contributed by atoms with Gasteiger partial charge in [-0.2, -0.15) is 11.3 Å². The quantitative estimate of drug-likeness (QED) is 0.623. The number of rotatable bonds is 5. The van der Waals surface area contributed by atoms with Crippen molar-refractivity contribution in [3.8, 4) is 0 Å². The second-order valence-corrected chi connectivity index (χ2v) is 8.19. The van der Waals surface area contributed by atoms with Crippen molar-refractivity contribution in [2.45, 2.75) is 25.4 Å². The number of primary amides is 1. The van der Waals surface area contributed by atoms with Gasteiger partial charge in [0.25, 0.3) is 5.91 Å². The molecule has 0 radical (unpaired) electrons. The average molecular weight is 429 g/mol. The van der Waals surface area contributed by atoms with Crippen LogP contribution in [0.15, 0.2) is 53.2 Å². The number of fused-ring (bicyclic) bond motifs is 1. The van der Waals surface area contributed by atoms with E-state index in [1.54, 1.807) is 46.7 Å². The van der Waals surface area contributed by atoms with E-state index in [-0.39, 0.29) is 24.3 Å². The summed E-state index contributed by atoms with van der Waals surface area (Å²) in [5.41, 5.74) is 8.41. The van der Waals surface area contributed by atoms with E-state index in [2.05, 4.69) is 0 Å². The van der Waals surface area contributed by atoms with Gasteiger partial charge in [0, 0.05) is 22.5 Å². The Balaban J connectivity index is 1.78. The molecule has 1 atom stereocenters. The van der Waals surface area contributed by atoms with Crippen molar-refractivity contribution in [2.75, 3.05) is 0 Å². The number of hydrogen-bond donors (Lipinski definition) is 1. The number of carbonyl (C=O) groups is 2. The van der Waals surface area contributed by atoms with Gasteiger partial charge in [-0.05, 0) is 59.2 Å². The molecule has 0 fully saturated rings. The van der Waals surface area contributed by atoms with Gasteiger partial charge in [-0.3, -0.25) is 9.59 Å². The molecule has 1 aliphatic carbocycles. The van der Waals surface area contributed by atoms with Crippen molar-refractivity contribution < 1.29 is 14.0 Å². The molecule has 0 aliphatic heterocycles. The highest BCUT2D eigenvalue weighted by Gasteiger charge is 2.34. The fourth-order valence-corrected chi connectivity index (χ4v) is 4.75. The third-order valence-corrected chi connectivity index (χ3v) is 6.15. The van der Waals surface area contributed by atoms with Crippen LogP contribution in [0.3, 0.4) is 0 Å². The Hall–Kier alpha value is -2.70. The van der Waals surface area contributed by atoms with Crippen molar-refractivity contribution in [1.82, 2.24) is 4.90 Å². The summed E-state index contributed by atoms with van der Waals surface area (Å²) in [7, 11) is 0. The molecule has 4 rings (SSSR count). The Morgan fingerprint density at radius 2 is 2.03 bits per heavy atom. The van der Waals surface area contributed by atoms with Gasteiger partial charge in [0.15, 0.2) is 0 Å². The molecular formula is C22H18ClFN2O2S. The third-order valence-electron chi connectivity index (χ3n) is 5.25. The van der Waals surface area contributed by atoms with Gasteiger partial charge in [0.2, 0.25) is 5.91 Å². The molecule has 2 aromatic carbocycles. The smallest absolute Gasteiger partial charge is 0.255 e. The largest absolute Gasteiger partial charge is 0.366 e. The molecule has 2 amide bonds. The molecule has 29 heavy (non-hydrogen) atoms. The van der Waals surface area contributed by atoms with Crippen LogP contribution in [0, 0.1) is 5.82 Å². The zero-order valence-electron chi connectivity index (χ0n) is 15.4. The average Bonchev–Trinajstić information content (AvgIpc) is 3.36. The maximum Gasteiger partial charge on any atom is 0.255 e. The first-order valence-corrected chi connectivity index (χ1v) is 10.5.